The number of piperazine rings is 1. The number of carbonyl (C=O) groups excluding carboxylic acids is 1. The van der Waals surface area contributed by atoms with Gasteiger partial charge < -0.3 is 14.5 Å². The van der Waals surface area contributed by atoms with Crippen molar-refractivity contribution in [3.63, 3.8) is 0 Å². The molecule has 0 radical (unpaired) electrons. The molecule has 1 aliphatic heterocycles. The summed E-state index contributed by atoms with van der Waals surface area (Å²) in [4.78, 5) is 25.1. The highest BCUT2D eigenvalue weighted by Gasteiger charge is 2.27. The molecular weight excluding hydrogens is 376 g/mol. The Bertz CT molecular complexity index is 830. The highest BCUT2D eigenvalue weighted by Crippen LogP contribution is 2.30. The number of amides is 1. The summed E-state index contributed by atoms with van der Waals surface area (Å²) in [5, 5.41) is 0.540. The van der Waals surface area contributed by atoms with Gasteiger partial charge in [0.25, 0.3) is 0 Å². The van der Waals surface area contributed by atoms with Gasteiger partial charge in [-0.2, -0.15) is 0 Å². The van der Waals surface area contributed by atoms with Crippen LogP contribution in [0.15, 0.2) is 30.6 Å². The van der Waals surface area contributed by atoms with Crippen molar-refractivity contribution in [1.82, 2.24) is 14.9 Å². The lowest BCUT2D eigenvalue weighted by molar-refractivity contribution is -0.133. The van der Waals surface area contributed by atoms with Crippen molar-refractivity contribution in [1.29, 1.82) is 0 Å². The maximum absolute atomic E-state index is 12.4. The molecule has 0 saturated carbocycles. The fraction of sp³-hybridized carbons (Fsp3) is 0.476. The summed E-state index contributed by atoms with van der Waals surface area (Å²) in [6.45, 7) is 8.35. The van der Waals surface area contributed by atoms with Gasteiger partial charge in [0.15, 0.2) is 0 Å². The fourth-order valence-electron chi connectivity index (χ4n) is 3.37. The average Bonchev–Trinajstić information content (AvgIpc) is 2.69. The third-order valence-corrected chi connectivity index (χ3v) is 5.26. The third-order valence-electron chi connectivity index (χ3n) is 4.94. The van der Waals surface area contributed by atoms with Crippen LogP contribution in [0.2, 0.25) is 5.02 Å². The first-order chi connectivity index (χ1) is 13.5. The van der Waals surface area contributed by atoms with E-state index in [1.807, 2.05) is 36.1 Å². The van der Waals surface area contributed by atoms with Crippen LogP contribution in [0.4, 0.5) is 5.82 Å². The Hall–Kier alpha value is -2.34. The van der Waals surface area contributed by atoms with Crippen molar-refractivity contribution < 1.29 is 9.53 Å². The Morgan fingerprint density at radius 2 is 2.11 bits per heavy atom. The van der Waals surface area contributed by atoms with E-state index in [0.717, 1.165) is 37.3 Å². The van der Waals surface area contributed by atoms with Crippen molar-refractivity contribution in [2.24, 2.45) is 0 Å². The van der Waals surface area contributed by atoms with Crippen LogP contribution in [0.3, 0.4) is 0 Å². The maximum Gasteiger partial charge on any atom is 0.224 e. The lowest BCUT2D eigenvalue weighted by Gasteiger charge is -2.40. The molecule has 1 amide bonds. The van der Waals surface area contributed by atoms with Crippen molar-refractivity contribution in [2.75, 3.05) is 24.5 Å². The van der Waals surface area contributed by atoms with Crippen LogP contribution in [0.25, 0.3) is 0 Å². The molecular formula is C21H27ClN4O2. The molecule has 0 unspecified atom stereocenters. The number of aromatic nitrogens is 2. The molecule has 2 aromatic rings. The summed E-state index contributed by atoms with van der Waals surface area (Å²) < 4.78 is 5.88. The van der Waals surface area contributed by atoms with Gasteiger partial charge in [0.2, 0.25) is 11.8 Å². The van der Waals surface area contributed by atoms with E-state index >= 15 is 0 Å². The van der Waals surface area contributed by atoms with Crippen molar-refractivity contribution in [3.05, 3.63) is 41.2 Å². The van der Waals surface area contributed by atoms with Crippen molar-refractivity contribution in [2.45, 2.75) is 46.1 Å². The summed E-state index contributed by atoms with van der Waals surface area (Å²) in [7, 11) is 0. The summed E-state index contributed by atoms with van der Waals surface area (Å²) in [6, 6.07) is 7.59. The van der Waals surface area contributed by atoms with Crippen molar-refractivity contribution in [3.8, 4) is 11.6 Å². The summed E-state index contributed by atoms with van der Waals surface area (Å²) in [6.07, 6.45) is 4.11. The number of unbranched alkanes of at least 4 members (excludes halogenated alkanes) is 1. The molecule has 1 aromatic carbocycles. The molecule has 1 aliphatic rings. The number of nitrogens with zero attached hydrogens (tertiary/aromatic N) is 4. The minimum absolute atomic E-state index is 0.142. The monoisotopic (exact) mass is 402 g/mol. The number of hydrogen-bond donors (Lipinski definition) is 0. The maximum atomic E-state index is 12.4. The average molecular weight is 403 g/mol. The second kappa shape index (κ2) is 9.24. The van der Waals surface area contributed by atoms with Crippen LogP contribution in [0, 0.1) is 6.92 Å². The number of aryl methyl sites for hydroxylation is 1. The van der Waals surface area contributed by atoms with Crippen LogP contribution in [0.1, 0.15) is 38.7 Å². The number of hydrogen-bond acceptors (Lipinski definition) is 5. The summed E-state index contributed by atoms with van der Waals surface area (Å²) in [5.41, 5.74) is 1.06. The van der Waals surface area contributed by atoms with E-state index < -0.39 is 0 Å². The van der Waals surface area contributed by atoms with E-state index in [0.29, 0.717) is 29.6 Å². The molecule has 1 fully saturated rings. The van der Waals surface area contributed by atoms with Gasteiger partial charge >= 0.3 is 0 Å². The topological polar surface area (TPSA) is 58.6 Å². The van der Waals surface area contributed by atoms with Gasteiger partial charge in [0.05, 0.1) is 5.02 Å². The van der Waals surface area contributed by atoms with Gasteiger partial charge in [-0.3, -0.25) is 4.79 Å². The predicted molar refractivity (Wildman–Crippen MR) is 111 cm³/mol. The normalized spacial score (nSPS) is 16.9. The summed E-state index contributed by atoms with van der Waals surface area (Å²) >= 11 is 6.22. The molecule has 150 valence electrons. The fourth-order valence-corrected chi connectivity index (χ4v) is 3.52. The zero-order valence-corrected chi connectivity index (χ0v) is 17.4. The first-order valence-corrected chi connectivity index (χ1v) is 10.2. The van der Waals surface area contributed by atoms with Crippen molar-refractivity contribution >= 4 is 23.3 Å². The van der Waals surface area contributed by atoms with Crippen LogP contribution >= 0.6 is 11.6 Å². The molecule has 3 rings (SSSR count). The zero-order chi connectivity index (χ0) is 20.1. The molecule has 1 aromatic heterocycles. The van der Waals surface area contributed by atoms with E-state index in [2.05, 4.69) is 28.7 Å². The van der Waals surface area contributed by atoms with E-state index in [1.54, 1.807) is 0 Å². The van der Waals surface area contributed by atoms with Gasteiger partial charge in [0, 0.05) is 38.2 Å². The second-order valence-corrected chi connectivity index (χ2v) is 7.64. The first-order valence-electron chi connectivity index (χ1n) is 9.78. The predicted octanol–water partition coefficient (Wildman–Crippen LogP) is 4.46. The Morgan fingerprint density at radius 3 is 2.86 bits per heavy atom. The van der Waals surface area contributed by atoms with Gasteiger partial charge in [-0.25, -0.2) is 9.97 Å². The molecule has 0 bridgehead atoms. The Labute approximate surface area is 171 Å². The van der Waals surface area contributed by atoms with E-state index in [1.165, 1.54) is 6.33 Å². The van der Waals surface area contributed by atoms with E-state index in [4.69, 9.17) is 16.3 Å². The SMILES string of the molecule is CCCCC(=O)N1CCN(c2cc(Oc3cc(C)ccc3Cl)ncn2)C[C@@H]1C. The lowest BCUT2D eigenvalue weighted by atomic mass is 10.1. The number of halogens is 1. The molecule has 1 saturated heterocycles. The highest BCUT2D eigenvalue weighted by atomic mass is 35.5. The smallest absolute Gasteiger partial charge is 0.224 e. The molecule has 0 N–H and O–H groups in total. The van der Waals surface area contributed by atoms with Crippen LogP contribution in [-0.2, 0) is 4.79 Å². The minimum atomic E-state index is 0.142. The largest absolute Gasteiger partial charge is 0.437 e. The number of ether oxygens (including phenoxy) is 1. The molecule has 6 nitrogen and oxygen atoms in total. The molecule has 2 heterocycles. The quantitative estimate of drug-likeness (QED) is 0.714. The minimum Gasteiger partial charge on any atom is -0.437 e. The number of benzene rings is 1. The summed E-state index contributed by atoms with van der Waals surface area (Å²) in [5.74, 6) is 2.06. The van der Waals surface area contributed by atoms with E-state index in [-0.39, 0.29) is 11.9 Å². The van der Waals surface area contributed by atoms with Gasteiger partial charge in [-0.1, -0.05) is 31.0 Å². The molecule has 0 spiro atoms. The number of carbonyl (C=O) groups is 1. The highest BCUT2D eigenvalue weighted by molar-refractivity contribution is 6.32. The standard InChI is InChI=1S/C21H27ClN4O2/c1-4-5-6-21(27)26-10-9-25(13-16(26)3)19-12-20(24-14-23-19)28-18-11-15(2)7-8-17(18)22/h7-8,11-12,14,16H,4-6,9-10,13H2,1-3H3/t16-/m0/s1. The van der Waals surface area contributed by atoms with E-state index in [9.17, 15) is 4.79 Å². The lowest BCUT2D eigenvalue weighted by Crippen LogP contribution is -2.54. The Kier molecular flexibility index (Phi) is 6.73. The zero-order valence-electron chi connectivity index (χ0n) is 16.7. The van der Waals surface area contributed by atoms with Crippen LogP contribution in [-0.4, -0.2) is 46.5 Å². The number of rotatable bonds is 6. The molecule has 0 aliphatic carbocycles. The second-order valence-electron chi connectivity index (χ2n) is 7.24. The molecule has 7 heteroatoms. The Balaban J connectivity index is 1.68. The number of anilines is 1. The van der Waals surface area contributed by atoms with Crippen LogP contribution in [0.5, 0.6) is 11.6 Å². The van der Waals surface area contributed by atoms with Gasteiger partial charge in [-0.05, 0) is 38.0 Å². The van der Waals surface area contributed by atoms with Crippen LogP contribution < -0.4 is 9.64 Å². The van der Waals surface area contributed by atoms with Gasteiger partial charge in [-0.15, -0.1) is 0 Å². The first kappa shape index (κ1) is 20.4. The molecule has 1 atom stereocenters. The molecule has 28 heavy (non-hydrogen) atoms. The Morgan fingerprint density at radius 1 is 1.29 bits per heavy atom. The third kappa shape index (κ3) is 4.93. The van der Waals surface area contributed by atoms with Gasteiger partial charge in [0.1, 0.15) is 17.9 Å².